The van der Waals surface area contributed by atoms with Gasteiger partial charge in [0.15, 0.2) is 0 Å². The van der Waals surface area contributed by atoms with Gasteiger partial charge in [0.05, 0.1) is 6.17 Å². The van der Waals surface area contributed by atoms with Crippen molar-refractivity contribution in [1.82, 2.24) is 10.2 Å². The molecule has 1 amide bonds. The van der Waals surface area contributed by atoms with E-state index in [4.69, 9.17) is 0 Å². The van der Waals surface area contributed by atoms with E-state index < -0.39 is 0 Å². The van der Waals surface area contributed by atoms with Crippen LogP contribution in [0.3, 0.4) is 0 Å². The normalized spacial score (nSPS) is 22.8. The first-order chi connectivity index (χ1) is 9.63. The van der Waals surface area contributed by atoms with Crippen LogP contribution in [0.25, 0.3) is 0 Å². The number of benzene rings is 1. The summed E-state index contributed by atoms with van der Waals surface area (Å²) in [6.07, 6.45) is 3.40. The van der Waals surface area contributed by atoms with Gasteiger partial charge in [0, 0.05) is 6.54 Å². The average Bonchev–Trinajstić information content (AvgIpc) is 2.76. The number of nitrogens with one attached hydrogen (secondary N) is 1. The largest absolute Gasteiger partial charge is 0.325 e. The van der Waals surface area contributed by atoms with Gasteiger partial charge >= 0.3 is 0 Å². The van der Waals surface area contributed by atoms with Gasteiger partial charge < -0.3 is 4.90 Å². The van der Waals surface area contributed by atoms with Gasteiger partial charge in [0.1, 0.15) is 6.04 Å². The standard InChI is InChI=1S/C17H26N2O/c1-4-15-18-16(14-10-6-5-7-11-14)17(20)19(15)12-8-9-13(2)3/h5-7,10-11,13,15-16,18H,4,8-9,12H2,1-3H3. The fourth-order valence-electron chi connectivity index (χ4n) is 2.83. The Morgan fingerprint density at radius 2 is 1.95 bits per heavy atom. The first kappa shape index (κ1) is 15.0. The summed E-state index contributed by atoms with van der Waals surface area (Å²) in [5.41, 5.74) is 1.07. The predicted octanol–water partition coefficient (Wildman–Crippen LogP) is 3.33. The number of carbonyl (C=O) groups is 1. The lowest BCUT2D eigenvalue weighted by Gasteiger charge is -2.23. The van der Waals surface area contributed by atoms with Crippen molar-refractivity contribution >= 4 is 5.91 Å². The molecule has 1 aromatic rings. The van der Waals surface area contributed by atoms with Crippen molar-refractivity contribution in [2.24, 2.45) is 5.92 Å². The van der Waals surface area contributed by atoms with Crippen LogP contribution in [0.5, 0.6) is 0 Å². The molecule has 2 rings (SSSR count). The van der Waals surface area contributed by atoms with Crippen molar-refractivity contribution in [1.29, 1.82) is 0 Å². The lowest BCUT2D eigenvalue weighted by Crippen LogP contribution is -2.37. The van der Waals surface area contributed by atoms with E-state index in [2.05, 4.69) is 26.1 Å². The van der Waals surface area contributed by atoms with E-state index in [9.17, 15) is 4.79 Å². The monoisotopic (exact) mass is 274 g/mol. The summed E-state index contributed by atoms with van der Waals surface area (Å²) in [5, 5.41) is 3.47. The Hall–Kier alpha value is -1.35. The molecule has 1 aliphatic heterocycles. The smallest absolute Gasteiger partial charge is 0.245 e. The van der Waals surface area contributed by atoms with Crippen LogP contribution in [-0.2, 0) is 4.79 Å². The van der Waals surface area contributed by atoms with E-state index in [1.54, 1.807) is 0 Å². The van der Waals surface area contributed by atoms with Gasteiger partial charge in [-0.15, -0.1) is 0 Å². The third-order valence-electron chi connectivity index (χ3n) is 3.97. The van der Waals surface area contributed by atoms with Gasteiger partial charge in [-0.2, -0.15) is 0 Å². The minimum atomic E-state index is -0.166. The van der Waals surface area contributed by atoms with Crippen molar-refractivity contribution in [3.8, 4) is 0 Å². The first-order valence-corrected chi connectivity index (χ1v) is 7.75. The molecule has 0 saturated carbocycles. The van der Waals surface area contributed by atoms with Crippen molar-refractivity contribution in [2.45, 2.75) is 52.2 Å². The minimum absolute atomic E-state index is 0.166. The van der Waals surface area contributed by atoms with E-state index in [-0.39, 0.29) is 18.1 Å². The van der Waals surface area contributed by atoms with Crippen LogP contribution in [0.1, 0.15) is 51.6 Å². The molecule has 1 N–H and O–H groups in total. The molecule has 2 atom stereocenters. The van der Waals surface area contributed by atoms with Crippen LogP contribution in [0.2, 0.25) is 0 Å². The Morgan fingerprint density at radius 3 is 2.55 bits per heavy atom. The number of hydrogen-bond acceptors (Lipinski definition) is 2. The molecule has 1 heterocycles. The van der Waals surface area contributed by atoms with Crippen LogP contribution < -0.4 is 5.32 Å². The van der Waals surface area contributed by atoms with Gasteiger partial charge in [-0.3, -0.25) is 10.1 Å². The summed E-state index contributed by atoms with van der Waals surface area (Å²) in [5.74, 6) is 0.928. The third kappa shape index (κ3) is 3.40. The number of carbonyl (C=O) groups excluding carboxylic acids is 1. The lowest BCUT2D eigenvalue weighted by molar-refractivity contribution is -0.130. The molecule has 1 saturated heterocycles. The molecule has 20 heavy (non-hydrogen) atoms. The molecule has 1 fully saturated rings. The van der Waals surface area contributed by atoms with Crippen molar-refractivity contribution in [3.63, 3.8) is 0 Å². The van der Waals surface area contributed by atoms with Gasteiger partial charge in [-0.1, -0.05) is 51.1 Å². The van der Waals surface area contributed by atoms with Gasteiger partial charge in [0.25, 0.3) is 0 Å². The highest BCUT2D eigenvalue weighted by molar-refractivity contribution is 5.85. The predicted molar refractivity (Wildman–Crippen MR) is 82.2 cm³/mol. The molecule has 2 unspecified atom stereocenters. The van der Waals surface area contributed by atoms with Crippen LogP contribution in [-0.4, -0.2) is 23.5 Å². The van der Waals surface area contributed by atoms with Crippen LogP contribution in [0, 0.1) is 5.92 Å². The maximum atomic E-state index is 12.6. The zero-order valence-corrected chi connectivity index (χ0v) is 12.8. The fourth-order valence-corrected chi connectivity index (χ4v) is 2.83. The maximum Gasteiger partial charge on any atom is 0.245 e. The van der Waals surface area contributed by atoms with E-state index in [1.807, 2.05) is 35.2 Å². The molecular formula is C17H26N2O. The summed E-state index contributed by atoms with van der Waals surface area (Å²) in [6, 6.07) is 9.86. The van der Waals surface area contributed by atoms with E-state index in [0.717, 1.165) is 24.9 Å². The Morgan fingerprint density at radius 1 is 1.25 bits per heavy atom. The number of nitrogens with zero attached hydrogens (tertiary/aromatic N) is 1. The summed E-state index contributed by atoms with van der Waals surface area (Å²) in [6.45, 7) is 7.46. The highest BCUT2D eigenvalue weighted by atomic mass is 16.2. The summed E-state index contributed by atoms with van der Waals surface area (Å²) >= 11 is 0. The molecule has 3 heteroatoms. The Labute approximate surface area is 122 Å². The number of hydrogen-bond donors (Lipinski definition) is 1. The second-order valence-electron chi connectivity index (χ2n) is 6.00. The molecule has 110 valence electrons. The SMILES string of the molecule is CCC1NC(c2ccccc2)C(=O)N1CCCC(C)C. The molecular weight excluding hydrogens is 248 g/mol. The topological polar surface area (TPSA) is 32.3 Å². The van der Waals surface area contributed by atoms with Crippen LogP contribution in [0.15, 0.2) is 30.3 Å². The molecule has 1 aromatic carbocycles. The highest BCUT2D eigenvalue weighted by Crippen LogP contribution is 2.25. The molecule has 0 radical (unpaired) electrons. The molecule has 0 aromatic heterocycles. The first-order valence-electron chi connectivity index (χ1n) is 7.75. The summed E-state index contributed by atoms with van der Waals surface area (Å²) in [4.78, 5) is 14.6. The van der Waals surface area contributed by atoms with E-state index in [1.165, 1.54) is 6.42 Å². The van der Waals surface area contributed by atoms with Crippen molar-refractivity contribution in [2.75, 3.05) is 6.54 Å². The van der Waals surface area contributed by atoms with Crippen molar-refractivity contribution < 1.29 is 4.79 Å². The molecule has 1 aliphatic rings. The second-order valence-corrected chi connectivity index (χ2v) is 6.00. The zero-order chi connectivity index (χ0) is 14.5. The molecule has 0 spiro atoms. The quantitative estimate of drug-likeness (QED) is 0.863. The second kappa shape index (κ2) is 6.89. The van der Waals surface area contributed by atoms with E-state index >= 15 is 0 Å². The van der Waals surface area contributed by atoms with Crippen LogP contribution >= 0.6 is 0 Å². The molecule has 3 nitrogen and oxygen atoms in total. The summed E-state index contributed by atoms with van der Waals surface area (Å²) in [7, 11) is 0. The highest BCUT2D eigenvalue weighted by Gasteiger charge is 2.38. The maximum absolute atomic E-state index is 12.6. The van der Waals surface area contributed by atoms with Gasteiger partial charge in [-0.25, -0.2) is 0 Å². The minimum Gasteiger partial charge on any atom is -0.325 e. The number of rotatable bonds is 6. The molecule has 0 bridgehead atoms. The fraction of sp³-hybridized carbons (Fsp3) is 0.588. The summed E-state index contributed by atoms with van der Waals surface area (Å²) < 4.78 is 0. The van der Waals surface area contributed by atoms with Crippen LogP contribution in [0.4, 0.5) is 0 Å². The zero-order valence-electron chi connectivity index (χ0n) is 12.8. The Balaban J connectivity index is 2.03. The Kier molecular flexibility index (Phi) is 5.18. The lowest BCUT2D eigenvalue weighted by atomic mass is 10.1. The molecule has 0 aliphatic carbocycles. The number of amides is 1. The average molecular weight is 274 g/mol. The van der Waals surface area contributed by atoms with E-state index in [0.29, 0.717) is 5.92 Å². The van der Waals surface area contributed by atoms with Gasteiger partial charge in [-0.05, 0) is 30.7 Å². The Bertz CT molecular complexity index is 430. The van der Waals surface area contributed by atoms with Gasteiger partial charge in [0.2, 0.25) is 5.91 Å². The van der Waals surface area contributed by atoms with Crippen molar-refractivity contribution in [3.05, 3.63) is 35.9 Å². The third-order valence-corrected chi connectivity index (χ3v) is 3.97.